The van der Waals surface area contributed by atoms with E-state index >= 15 is 0 Å². The van der Waals surface area contributed by atoms with Crippen LogP contribution in [0.3, 0.4) is 0 Å². The minimum absolute atomic E-state index is 0.000362. The molecular weight excluding hydrogens is 250 g/mol. The number of nitrogen functional groups attached to an aromatic ring is 1. The first kappa shape index (κ1) is 12.1. The molecule has 2 atom stereocenters. The Morgan fingerprint density at radius 3 is 2.95 bits per heavy atom. The fourth-order valence-corrected chi connectivity index (χ4v) is 2.63. The van der Waals surface area contributed by atoms with E-state index in [-0.39, 0.29) is 30.5 Å². The van der Waals surface area contributed by atoms with E-state index in [1.165, 1.54) is 4.52 Å². The molecule has 8 heteroatoms. The highest BCUT2D eigenvalue weighted by Gasteiger charge is 2.53. The molecular formula is C11H15N5O3. The van der Waals surface area contributed by atoms with E-state index in [1.54, 1.807) is 6.20 Å². The second-order valence-corrected chi connectivity index (χ2v) is 5.10. The van der Waals surface area contributed by atoms with E-state index in [4.69, 9.17) is 5.73 Å². The van der Waals surface area contributed by atoms with Crippen LogP contribution in [0, 0.1) is 11.3 Å². The van der Waals surface area contributed by atoms with Gasteiger partial charge in [0.15, 0.2) is 5.65 Å². The highest BCUT2D eigenvalue weighted by atomic mass is 16.3. The van der Waals surface area contributed by atoms with Crippen LogP contribution in [-0.4, -0.2) is 43.0 Å². The molecule has 0 aromatic carbocycles. The van der Waals surface area contributed by atoms with Crippen LogP contribution in [0.1, 0.15) is 12.0 Å². The van der Waals surface area contributed by atoms with Gasteiger partial charge in [-0.15, -0.1) is 0 Å². The van der Waals surface area contributed by atoms with Crippen molar-refractivity contribution in [2.24, 2.45) is 11.3 Å². The molecule has 2 heterocycles. The van der Waals surface area contributed by atoms with Crippen LogP contribution >= 0.6 is 0 Å². The van der Waals surface area contributed by atoms with Crippen molar-refractivity contribution in [3.63, 3.8) is 0 Å². The minimum atomic E-state index is -0.513. The lowest BCUT2D eigenvalue weighted by Crippen LogP contribution is -2.21. The quantitative estimate of drug-likeness (QED) is 0.534. The van der Waals surface area contributed by atoms with Crippen molar-refractivity contribution >= 4 is 11.6 Å². The molecule has 1 aliphatic carbocycles. The lowest BCUT2D eigenvalue weighted by atomic mass is 9.96. The number of anilines is 1. The summed E-state index contributed by atoms with van der Waals surface area (Å²) in [6, 6.07) is 0. The van der Waals surface area contributed by atoms with E-state index in [2.05, 4.69) is 15.1 Å². The average molecular weight is 265 g/mol. The number of aromatic amines is 1. The second-order valence-electron chi connectivity index (χ2n) is 5.10. The fraction of sp³-hybridized carbons (Fsp3) is 0.545. The number of H-pyrrole nitrogens is 1. The monoisotopic (exact) mass is 265 g/mol. The third kappa shape index (κ3) is 1.80. The number of rotatable bonds is 4. The van der Waals surface area contributed by atoms with Gasteiger partial charge in [-0.2, -0.15) is 14.5 Å². The zero-order chi connectivity index (χ0) is 13.6. The van der Waals surface area contributed by atoms with Crippen molar-refractivity contribution in [3.05, 3.63) is 22.2 Å². The second kappa shape index (κ2) is 4.04. The molecule has 0 unspecified atom stereocenters. The predicted octanol–water partition coefficient (Wildman–Crippen LogP) is -1.47. The lowest BCUT2D eigenvalue weighted by molar-refractivity contribution is 0.172. The Labute approximate surface area is 107 Å². The standard InChI is InChI=1S/C11H15N5O3/c12-9-14-8-6(3-13-16(8)10(19)15-9)1-11(5-18)2-7(11)4-17/h3,7,13,17-18H,1-2,4-5H2,(H2,12,15,19)/t7-,11-/m0/s1. The van der Waals surface area contributed by atoms with Crippen LogP contribution in [0.2, 0.25) is 0 Å². The molecule has 102 valence electrons. The number of hydrogen-bond acceptors (Lipinski definition) is 6. The first-order valence-corrected chi connectivity index (χ1v) is 6.04. The van der Waals surface area contributed by atoms with Gasteiger partial charge in [-0.05, 0) is 18.8 Å². The summed E-state index contributed by atoms with van der Waals surface area (Å²) in [7, 11) is 0. The van der Waals surface area contributed by atoms with Gasteiger partial charge in [0.1, 0.15) is 0 Å². The zero-order valence-corrected chi connectivity index (χ0v) is 10.2. The van der Waals surface area contributed by atoms with Crippen molar-refractivity contribution < 1.29 is 10.2 Å². The molecule has 1 saturated carbocycles. The van der Waals surface area contributed by atoms with Crippen molar-refractivity contribution in [1.82, 2.24) is 19.6 Å². The fourth-order valence-electron chi connectivity index (χ4n) is 2.63. The van der Waals surface area contributed by atoms with Gasteiger partial charge < -0.3 is 15.9 Å². The summed E-state index contributed by atoms with van der Waals surface area (Å²) in [4.78, 5) is 19.2. The molecule has 0 saturated heterocycles. The highest BCUT2D eigenvalue weighted by molar-refractivity contribution is 5.49. The Balaban J connectivity index is 2.01. The van der Waals surface area contributed by atoms with E-state index in [0.717, 1.165) is 12.0 Å². The van der Waals surface area contributed by atoms with E-state index in [9.17, 15) is 15.0 Å². The zero-order valence-electron chi connectivity index (χ0n) is 10.2. The molecule has 1 aliphatic rings. The molecule has 2 aromatic heterocycles. The lowest BCUT2D eigenvalue weighted by Gasteiger charge is -2.12. The summed E-state index contributed by atoms with van der Waals surface area (Å²) in [6.07, 6.45) is 2.97. The van der Waals surface area contributed by atoms with Crippen LogP contribution in [0.5, 0.6) is 0 Å². The first-order chi connectivity index (χ1) is 9.09. The van der Waals surface area contributed by atoms with Crippen LogP contribution in [0.25, 0.3) is 5.65 Å². The van der Waals surface area contributed by atoms with E-state index < -0.39 is 5.69 Å². The van der Waals surface area contributed by atoms with Crippen LogP contribution in [0.15, 0.2) is 11.0 Å². The molecule has 0 radical (unpaired) electrons. The predicted molar refractivity (Wildman–Crippen MR) is 66.4 cm³/mol. The topological polar surface area (TPSA) is 130 Å². The van der Waals surface area contributed by atoms with Gasteiger partial charge in [-0.3, -0.25) is 5.10 Å². The Kier molecular flexibility index (Phi) is 2.58. The summed E-state index contributed by atoms with van der Waals surface area (Å²) >= 11 is 0. The number of nitrogens with one attached hydrogen (secondary N) is 1. The van der Waals surface area contributed by atoms with Crippen LogP contribution in [-0.2, 0) is 6.42 Å². The third-order valence-electron chi connectivity index (χ3n) is 3.93. The molecule has 3 rings (SSSR count). The molecule has 19 heavy (non-hydrogen) atoms. The van der Waals surface area contributed by atoms with Gasteiger partial charge in [-0.25, -0.2) is 4.79 Å². The number of aliphatic hydroxyl groups excluding tert-OH is 2. The normalized spacial score (nSPS) is 25.9. The number of aromatic nitrogens is 4. The Hall–Kier alpha value is -1.93. The van der Waals surface area contributed by atoms with Gasteiger partial charge >= 0.3 is 5.69 Å². The van der Waals surface area contributed by atoms with Gasteiger partial charge in [0.25, 0.3) is 0 Å². The van der Waals surface area contributed by atoms with Gasteiger partial charge in [0.05, 0.1) is 0 Å². The number of fused-ring (bicyclic) bond motifs is 1. The molecule has 8 nitrogen and oxygen atoms in total. The Morgan fingerprint density at radius 1 is 1.53 bits per heavy atom. The Bertz CT molecular complexity index is 679. The van der Waals surface area contributed by atoms with Crippen molar-refractivity contribution in [3.8, 4) is 0 Å². The highest BCUT2D eigenvalue weighted by Crippen LogP contribution is 2.54. The van der Waals surface area contributed by atoms with Crippen LogP contribution < -0.4 is 11.4 Å². The SMILES string of the molecule is Nc1nc(=O)n2[nH]cc(C[C@@]3(CO)C[C@H]3CO)c2n1. The van der Waals surface area contributed by atoms with E-state index in [0.29, 0.717) is 12.1 Å². The summed E-state index contributed by atoms with van der Waals surface area (Å²) in [5, 5.41) is 21.4. The third-order valence-corrected chi connectivity index (χ3v) is 3.93. The maximum Gasteiger partial charge on any atom is 0.371 e. The number of hydrogen-bond donors (Lipinski definition) is 4. The van der Waals surface area contributed by atoms with Crippen LogP contribution in [0.4, 0.5) is 5.95 Å². The summed E-state index contributed by atoms with van der Waals surface area (Å²) in [5.41, 5.74) is 5.87. The maximum absolute atomic E-state index is 11.6. The van der Waals surface area contributed by atoms with Gasteiger partial charge in [0, 0.05) is 30.4 Å². The largest absolute Gasteiger partial charge is 0.396 e. The summed E-state index contributed by atoms with van der Waals surface area (Å²) in [6.45, 7) is 0.0559. The number of nitrogens with two attached hydrogens (primary N) is 1. The van der Waals surface area contributed by atoms with Crippen molar-refractivity contribution in [2.45, 2.75) is 12.8 Å². The van der Waals surface area contributed by atoms with Crippen molar-refractivity contribution in [2.75, 3.05) is 18.9 Å². The summed E-state index contributed by atoms with van der Waals surface area (Å²) in [5.74, 6) is 0.0248. The van der Waals surface area contributed by atoms with Gasteiger partial charge in [0.2, 0.25) is 5.95 Å². The molecule has 0 bridgehead atoms. The summed E-state index contributed by atoms with van der Waals surface area (Å²) < 4.78 is 1.22. The van der Waals surface area contributed by atoms with Gasteiger partial charge in [-0.1, -0.05) is 0 Å². The maximum atomic E-state index is 11.6. The number of nitrogens with zero attached hydrogens (tertiary/aromatic N) is 3. The Morgan fingerprint density at radius 2 is 2.32 bits per heavy atom. The number of aliphatic hydroxyl groups is 2. The molecule has 0 amide bonds. The molecule has 5 N–H and O–H groups in total. The molecule has 0 spiro atoms. The minimum Gasteiger partial charge on any atom is -0.396 e. The van der Waals surface area contributed by atoms with Crippen molar-refractivity contribution in [1.29, 1.82) is 0 Å². The molecule has 2 aromatic rings. The van der Waals surface area contributed by atoms with E-state index in [1.807, 2.05) is 0 Å². The molecule has 0 aliphatic heterocycles. The first-order valence-electron chi connectivity index (χ1n) is 6.04. The average Bonchev–Trinajstić information content (AvgIpc) is 2.95. The molecule has 1 fully saturated rings. The smallest absolute Gasteiger partial charge is 0.371 e.